The van der Waals surface area contributed by atoms with Crippen molar-refractivity contribution in [1.82, 2.24) is 0 Å². The number of aliphatic hydroxyl groups is 4. The number of ether oxygens (including phenoxy) is 2. The molecule has 0 unspecified atom stereocenters. The molecule has 28 heavy (non-hydrogen) atoms. The third kappa shape index (κ3) is 4.24. The molecule has 1 saturated heterocycles. The number of phenols is 1. The number of carbonyl (C=O) groups excluding carboxylic acids is 1. The first-order chi connectivity index (χ1) is 13.4. The molecule has 150 valence electrons. The number of para-hydroxylation sites is 1. The zero-order valence-electron chi connectivity index (χ0n) is 14.7. The molecule has 9 nitrogen and oxygen atoms in total. The molecule has 5 atom stereocenters. The molecule has 9 heteroatoms. The number of hydrogen-bond acceptors (Lipinski definition) is 8. The molecule has 1 aliphatic heterocycles. The van der Waals surface area contributed by atoms with E-state index < -0.39 is 43.2 Å². The van der Waals surface area contributed by atoms with Crippen molar-refractivity contribution in [2.45, 2.75) is 30.7 Å². The summed E-state index contributed by atoms with van der Waals surface area (Å²) in [5.74, 6) is -0.795. The zero-order valence-corrected chi connectivity index (χ0v) is 14.7. The van der Waals surface area contributed by atoms with E-state index in [1.165, 1.54) is 18.2 Å². The number of anilines is 1. The van der Waals surface area contributed by atoms with Gasteiger partial charge in [-0.15, -0.1) is 0 Å². The molecule has 0 bridgehead atoms. The number of aromatic hydroxyl groups is 1. The van der Waals surface area contributed by atoms with Crippen molar-refractivity contribution < 1.29 is 39.8 Å². The van der Waals surface area contributed by atoms with Gasteiger partial charge in [-0.25, -0.2) is 0 Å². The number of carbonyl (C=O) groups is 1. The molecule has 0 saturated carbocycles. The summed E-state index contributed by atoms with van der Waals surface area (Å²) >= 11 is 0. The second kappa shape index (κ2) is 8.55. The normalized spacial score (nSPS) is 27.2. The molecular weight excluding hydrogens is 370 g/mol. The van der Waals surface area contributed by atoms with Crippen molar-refractivity contribution in [3.8, 4) is 11.5 Å². The van der Waals surface area contributed by atoms with Gasteiger partial charge >= 0.3 is 0 Å². The molecule has 1 aliphatic rings. The Labute approximate surface area is 160 Å². The lowest BCUT2D eigenvalue weighted by atomic mass is 9.99. The fraction of sp³-hybridized carbons (Fsp3) is 0.316. The lowest BCUT2D eigenvalue weighted by Crippen LogP contribution is -2.60. The number of nitrogens with one attached hydrogen (secondary N) is 1. The third-order valence-electron chi connectivity index (χ3n) is 4.33. The van der Waals surface area contributed by atoms with E-state index in [1.807, 2.05) is 0 Å². The Morgan fingerprint density at radius 2 is 1.75 bits per heavy atom. The molecule has 0 aromatic heterocycles. The van der Waals surface area contributed by atoms with Gasteiger partial charge in [-0.1, -0.05) is 18.2 Å². The average molecular weight is 391 g/mol. The highest BCUT2D eigenvalue weighted by Crippen LogP contribution is 2.29. The summed E-state index contributed by atoms with van der Waals surface area (Å²) in [6.45, 7) is -0.609. The van der Waals surface area contributed by atoms with Crippen molar-refractivity contribution in [2.75, 3.05) is 11.9 Å². The van der Waals surface area contributed by atoms with E-state index in [1.54, 1.807) is 30.3 Å². The van der Waals surface area contributed by atoms with Crippen LogP contribution < -0.4 is 10.1 Å². The minimum Gasteiger partial charge on any atom is -0.508 e. The average Bonchev–Trinajstić information content (AvgIpc) is 2.70. The largest absolute Gasteiger partial charge is 0.508 e. The van der Waals surface area contributed by atoms with Crippen LogP contribution in [-0.2, 0) is 4.74 Å². The Hall–Kier alpha value is -2.69. The van der Waals surface area contributed by atoms with Crippen molar-refractivity contribution in [2.24, 2.45) is 0 Å². The Kier molecular flexibility index (Phi) is 6.12. The van der Waals surface area contributed by atoms with Gasteiger partial charge in [0.25, 0.3) is 5.91 Å². The minimum atomic E-state index is -1.63. The van der Waals surface area contributed by atoms with Gasteiger partial charge in [0, 0.05) is 5.69 Å². The SMILES string of the molecule is O=C(Nc1ccccc1)c1cc(O)ccc1O[C@@H]1O[C@H](CO)[C@@H](O)[C@H](O)[C@H]1O. The van der Waals surface area contributed by atoms with Crippen LogP contribution in [-0.4, -0.2) is 68.8 Å². The van der Waals surface area contributed by atoms with Crippen LogP contribution in [0.4, 0.5) is 5.69 Å². The number of amides is 1. The highest BCUT2D eigenvalue weighted by molar-refractivity contribution is 6.06. The van der Waals surface area contributed by atoms with E-state index in [4.69, 9.17) is 9.47 Å². The van der Waals surface area contributed by atoms with Crippen LogP contribution in [0.1, 0.15) is 10.4 Å². The zero-order chi connectivity index (χ0) is 20.3. The summed E-state index contributed by atoms with van der Waals surface area (Å²) in [5.41, 5.74) is 0.482. The molecule has 6 N–H and O–H groups in total. The van der Waals surface area contributed by atoms with E-state index in [-0.39, 0.29) is 17.1 Å². The predicted molar refractivity (Wildman–Crippen MR) is 96.9 cm³/mol. The molecule has 1 fully saturated rings. The van der Waals surface area contributed by atoms with Gasteiger partial charge in [0.05, 0.1) is 12.2 Å². The van der Waals surface area contributed by atoms with Gasteiger partial charge in [-0.05, 0) is 30.3 Å². The molecule has 1 heterocycles. The number of phenolic OH excluding ortho intramolecular Hbond substituents is 1. The first-order valence-corrected chi connectivity index (χ1v) is 8.57. The van der Waals surface area contributed by atoms with Crippen molar-refractivity contribution >= 4 is 11.6 Å². The molecule has 0 radical (unpaired) electrons. The monoisotopic (exact) mass is 391 g/mol. The molecule has 0 spiro atoms. The summed E-state index contributed by atoms with van der Waals surface area (Å²) < 4.78 is 10.8. The van der Waals surface area contributed by atoms with Gasteiger partial charge in [-0.2, -0.15) is 0 Å². The molecule has 1 amide bonds. The van der Waals surface area contributed by atoms with Crippen LogP contribution in [0.25, 0.3) is 0 Å². The second-order valence-corrected chi connectivity index (χ2v) is 6.32. The van der Waals surface area contributed by atoms with Gasteiger partial charge in [-0.3, -0.25) is 4.79 Å². The van der Waals surface area contributed by atoms with Crippen LogP contribution in [0, 0.1) is 0 Å². The quantitative estimate of drug-likeness (QED) is 0.411. The highest BCUT2D eigenvalue weighted by Gasteiger charge is 2.45. The number of aliphatic hydroxyl groups excluding tert-OH is 4. The lowest BCUT2D eigenvalue weighted by Gasteiger charge is -2.39. The summed E-state index contributed by atoms with van der Waals surface area (Å²) in [6.07, 6.45) is -7.38. The molecule has 3 rings (SSSR count). The van der Waals surface area contributed by atoms with Crippen LogP contribution in [0.15, 0.2) is 48.5 Å². The summed E-state index contributed by atoms with van der Waals surface area (Å²) in [5, 5.41) is 51.5. The smallest absolute Gasteiger partial charge is 0.259 e. The van der Waals surface area contributed by atoms with E-state index in [2.05, 4.69) is 5.32 Å². The van der Waals surface area contributed by atoms with E-state index in [0.29, 0.717) is 5.69 Å². The van der Waals surface area contributed by atoms with Crippen LogP contribution in [0.5, 0.6) is 11.5 Å². The third-order valence-corrected chi connectivity index (χ3v) is 4.33. The standard InChI is InChI=1S/C19H21NO8/c21-9-14-15(23)16(24)17(25)19(28-14)27-13-7-6-11(22)8-12(13)18(26)20-10-4-2-1-3-5-10/h1-8,14-17,19,21-25H,9H2,(H,20,26)/t14-,15-,16+,17-,19-/m1/s1. The first kappa shape index (κ1) is 20.1. The molecule has 2 aromatic carbocycles. The van der Waals surface area contributed by atoms with Crippen molar-refractivity contribution in [3.05, 3.63) is 54.1 Å². The number of hydrogen-bond donors (Lipinski definition) is 6. The summed E-state index contributed by atoms with van der Waals surface area (Å²) in [6, 6.07) is 12.4. The summed E-state index contributed by atoms with van der Waals surface area (Å²) in [4.78, 5) is 12.6. The van der Waals surface area contributed by atoms with Crippen LogP contribution in [0.2, 0.25) is 0 Å². The van der Waals surface area contributed by atoms with E-state index >= 15 is 0 Å². The Morgan fingerprint density at radius 3 is 2.43 bits per heavy atom. The second-order valence-electron chi connectivity index (χ2n) is 6.32. The maximum absolute atomic E-state index is 12.6. The topological polar surface area (TPSA) is 149 Å². The predicted octanol–water partition coefficient (Wildman–Crippen LogP) is -0.177. The molecular formula is C19H21NO8. The lowest BCUT2D eigenvalue weighted by molar-refractivity contribution is -0.277. The Balaban J connectivity index is 1.83. The first-order valence-electron chi connectivity index (χ1n) is 8.57. The van der Waals surface area contributed by atoms with Gasteiger partial charge in [0.1, 0.15) is 35.9 Å². The van der Waals surface area contributed by atoms with Crippen LogP contribution in [0.3, 0.4) is 0 Å². The Morgan fingerprint density at radius 1 is 1.04 bits per heavy atom. The molecule has 2 aromatic rings. The van der Waals surface area contributed by atoms with E-state index in [9.17, 15) is 30.3 Å². The number of rotatable bonds is 5. The van der Waals surface area contributed by atoms with Gasteiger partial charge < -0.3 is 40.3 Å². The van der Waals surface area contributed by atoms with E-state index in [0.717, 1.165) is 0 Å². The number of benzene rings is 2. The van der Waals surface area contributed by atoms with Crippen molar-refractivity contribution in [1.29, 1.82) is 0 Å². The fourth-order valence-electron chi connectivity index (χ4n) is 2.81. The van der Waals surface area contributed by atoms with Gasteiger partial charge in [0.15, 0.2) is 0 Å². The maximum atomic E-state index is 12.6. The fourth-order valence-corrected chi connectivity index (χ4v) is 2.81. The summed E-state index contributed by atoms with van der Waals surface area (Å²) in [7, 11) is 0. The minimum absolute atomic E-state index is 0.0319. The molecule has 0 aliphatic carbocycles. The van der Waals surface area contributed by atoms with Gasteiger partial charge in [0.2, 0.25) is 6.29 Å². The van der Waals surface area contributed by atoms with Crippen molar-refractivity contribution in [3.63, 3.8) is 0 Å². The highest BCUT2D eigenvalue weighted by atomic mass is 16.7. The Bertz CT molecular complexity index is 813. The van der Waals surface area contributed by atoms with Crippen LogP contribution >= 0.6 is 0 Å². The maximum Gasteiger partial charge on any atom is 0.259 e.